The third-order valence-electron chi connectivity index (χ3n) is 4.67. The third kappa shape index (κ3) is 3.66. The van der Waals surface area contributed by atoms with Crippen LogP contribution >= 0.6 is 22.9 Å². The Kier molecular flexibility index (Phi) is 5.05. The molecule has 1 N–H and O–H groups in total. The van der Waals surface area contributed by atoms with E-state index in [4.69, 9.17) is 11.6 Å². The number of halogens is 1. The van der Waals surface area contributed by atoms with E-state index in [1.165, 1.54) is 16.2 Å². The van der Waals surface area contributed by atoms with Crippen molar-refractivity contribution in [1.82, 2.24) is 4.98 Å². The highest BCUT2D eigenvalue weighted by molar-refractivity contribution is 7.17. The first-order chi connectivity index (χ1) is 13.1. The Morgan fingerprint density at radius 2 is 1.67 bits per heavy atom. The molecular formula is C21H17ClN2O2S. The number of amides is 1. The summed E-state index contributed by atoms with van der Waals surface area (Å²) in [5, 5.41) is 4.17. The largest absolute Gasteiger partial charge is 0.313 e. The number of ketones is 1. The van der Waals surface area contributed by atoms with Crippen LogP contribution in [0.3, 0.4) is 0 Å². The van der Waals surface area contributed by atoms with E-state index in [0.717, 1.165) is 31.2 Å². The smallest absolute Gasteiger partial charge is 0.256 e. The van der Waals surface area contributed by atoms with Crippen LogP contribution < -0.4 is 5.32 Å². The number of benzene rings is 1. The lowest BCUT2D eigenvalue weighted by Crippen LogP contribution is -2.15. The minimum atomic E-state index is -0.235. The fourth-order valence-electron chi connectivity index (χ4n) is 3.32. The van der Waals surface area contributed by atoms with Crippen LogP contribution in [-0.2, 0) is 12.8 Å². The second-order valence-electron chi connectivity index (χ2n) is 6.44. The van der Waals surface area contributed by atoms with Gasteiger partial charge in [0.25, 0.3) is 5.91 Å². The molecule has 0 atom stereocenters. The van der Waals surface area contributed by atoms with Gasteiger partial charge in [-0.25, -0.2) is 0 Å². The summed E-state index contributed by atoms with van der Waals surface area (Å²) in [6.07, 6.45) is 7.14. The lowest BCUT2D eigenvalue weighted by atomic mass is 9.92. The Morgan fingerprint density at radius 1 is 0.963 bits per heavy atom. The van der Waals surface area contributed by atoms with E-state index < -0.39 is 0 Å². The molecule has 1 aromatic carbocycles. The van der Waals surface area contributed by atoms with Crippen molar-refractivity contribution in [3.8, 4) is 0 Å². The molecule has 1 aliphatic carbocycles. The highest BCUT2D eigenvalue weighted by Crippen LogP contribution is 2.39. The molecule has 0 spiro atoms. The average molecular weight is 397 g/mol. The van der Waals surface area contributed by atoms with E-state index in [9.17, 15) is 9.59 Å². The van der Waals surface area contributed by atoms with Crippen molar-refractivity contribution in [1.29, 1.82) is 0 Å². The molecule has 0 aliphatic heterocycles. The predicted molar refractivity (Wildman–Crippen MR) is 108 cm³/mol. The van der Waals surface area contributed by atoms with Crippen LogP contribution in [0.2, 0.25) is 5.02 Å². The Balaban J connectivity index is 1.73. The molecule has 6 heteroatoms. The number of nitrogens with zero attached hydrogens (tertiary/aromatic N) is 1. The van der Waals surface area contributed by atoms with Crippen molar-refractivity contribution in [3.63, 3.8) is 0 Å². The SMILES string of the molecule is O=C(Nc1sc2c(c1C(=O)c1ccc(Cl)cc1)CCCC2)c1ccncc1. The van der Waals surface area contributed by atoms with Crippen molar-refractivity contribution in [2.45, 2.75) is 25.7 Å². The molecule has 0 fully saturated rings. The Morgan fingerprint density at radius 3 is 2.41 bits per heavy atom. The molecule has 27 heavy (non-hydrogen) atoms. The molecule has 0 saturated carbocycles. The molecular weight excluding hydrogens is 380 g/mol. The van der Waals surface area contributed by atoms with Gasteiger partial charge in [-0.2, -0.15) is 0 Å². The number of aryl methyl sites for hydroxylation is 1. The van der Waals surface area contributed by atoms with Gasteiger partial charge in [0.15, 0.2) is 5.78 Å². The number of hydrogen-bond donors (Lipinski definition) is 1. The number of anilines is 1. The second-order valence-corrected chi connectivity index (χ2v) is 7.98. The van der Waals surface area contributed by atoms with Crippen LogP contribution in [-0.4, -0.2) is 16.7 Å². The van der Waals surface area contributed by atoms with Gasteiger partial charge in [0.05, 0.1) is 5.56 Å². The fourth-order valence-corrected chi connectivity index (χ4v) is 4.73. The van der Waals surface area contributed by atoms with Gasteiger partial charge in [-0.3, -0.25) is 14.6 Å². The minimum Gasteiger partial charge on any atom is -0.313 e. The Bertz CT molecular complexity index is 997. The van der Waals surface area contributed by atoms with Gasteiger partial charge < -0.3 is 5.32 Å². The fraction of sp³-hybridized carbons (Fsp3) is 0.190. The van der Waals surface area contributed by atoms with Crippen LogP contribution in [0, 0.1) is 0 Å². The van der Waals surface area contributed by atoms with E-state index in [2.05, 4.69) is 10.3 Å². The zero-order valence-electron chi connectivity index (χ0n) is 14.5. The number of fused-ring (bicyclic) bond motifs is 1. The van der Waals surface area contributed by atoms with Crippen LogP contribution in [0.1, 0.15) is 49.6 Å². The van der Waals surface area contributed by atoms with Gasteiger partial charge in [0, 0.05) is 33.4 Å². The molecule has 4 nitrogen and oxygen atoms in total. The molecule has 0 saturated heterocycles. The summed E-state index contributed by atoms with van der Waals surface area (Å²) in [4.78, 5) is 31.0. The molecule has 0 unspecified atom stereocenters. The summed E-state index contributed by atoms with van der Waals surface area (Å²) >= 11 is 7.47. The first-order valence-electron chi connectivity index (χ1n) is 8.79. The van der Waals surface area contributed by atoms with E-state index in [1.807, 2.05) is 0 Å². The molecule has 2 heterocycles. The number of aromatic nitrogens is 1. The maximum absolute atomic E-state index is 13.2. The average Bonchev–Trinajstić information content (AvgIpc) is 3.06. The first kappa shape index (κ1) is 17.9. The summed E-state index contributed by atoms with van der Waals surface area (Å²) < 4.78 is 0. The van der Waals surface area contributed by atoms with E-state index in [0.29, 0.717) is 26.7 Å². The molecule has 3 aromatic rings. The molecule has 136 valence electrons. The highest BCUT2D eigenvalue weighted by Gasteiger charge is 2.27. The molecule has 2 aromatic heterocycles. The van der Waals surface area contributed by atoms with E-state index >= 15 is 0 Å². The topological polar surface area (TPSA) is 59.1 Å². The van der Waals surface area contributed by atoms with Crippen molar-refractivity contribution in [3.05, 3.63) is 80.9 Å². The van der Waals surface area contributed by atoms with Crippen LogP contribution in [0.15, 0.2) is 48.8 Å². The monoisotopic (exact) mass is 396 g/mol. The number of carbonyl (C=O) groups excluding carboxylic acids is 2. The second kappa shape index (κ2) is 7.62. The van der Waals surface area contributed by atoms with Crippen LogP contribution in [0.4, 0.5) is 5.00 Å². The zero-order chi connectivity index (χ0) is 18.8. The summed E-state index contributed by atoms with van der Waals surface area (Å²) in [6.45, 7) is 0. The van der Waals surface area contributed by atoms with Crippen molar-refractivity contribution in [2.75, 3.05) is 5.32 Å². The number of thiophene rings is 1. The molecule has 1 aliphatic rings. The standard InChI is InChI=1S/C21H17ClN2O2S/c22-15-7-5-13(6-8-15)19(25)18-16-3-1-2-4-17(16)27-21(18)24-20(26)14-9-11-23-12-10-14/h5-12H,1-4H2,(H,24,26). The number of rotatable bonds is 4. The molecule has 4 rings (SSSR count). The van der Waals surface area contributed by atoms with Crippen molar-refractivity contribution < 1.29 is 9.59 Å². The Hall–Kier alpha value is -2.50. The summed E-state index contributed by atoms with van der Waals surface area (Å²) in [5.74, 6) is -0.308. The molecule has 1 amide bonds. The molecule has 0 bridgehead atoms. The number of nitrogens with one attached hydrogen (secondary N) is 1. The zero-order valence-corrected chi connectivity index (χ0v) is 16.1. The lowest BCUT2D eigenvalue weighted by Gasteiger charge is -2.12. The number of pyridine rings is 1. The lowest BCUT2D eigenvalue weighted by molar-refractivity contribution is 0.102. The van der Waals surface area contributed by atoms with Gasteiger partial charge in [-0.15, -0.1) is 11.3 Å². The van der Waals surface area contributed by atoms with E-state index in [-0.39, 0.29) is 11.7 Å². The normalized spacial score (nSPS) is 13.1. The van der Waals surface area contributed by atoms with Crippen molar-refractivity contribution >= 4 is 39.6 Å². The van der Waals surface area contributed by atoms with Gasteiger partial charge in [0.2, 0.25) is 0 Å². The number of carbonyl (C=O) groups is 2. The summed E-state index contributed by atoms with van der Waals surface area (Å²) in [5.41, 5.74) is 2.79. The maximum Gasteiger partial charge on any atom is 0.256 e. The third-order valence-corrected chi connectivity index (χ3v) is 6.13. The minimum absolute atomic E-state index is 0.0731. The van der Waals surface area contributed by atoms with E-state index in [1.54, 1.807) is 48.8 Å². The summed E-state index contributed by atoms with van der Waals surface area (Å²) in [7, 11) is 0. The van der Waals surface area contributed by atoms with Crippen molar-refractivity contribution in [2.24, 2.45) is 0 Å². The van der Waals surface area contributed by atoms with Gasteiger partial charge in [-0.1, -0.05) is 11.6 Å². The van der Waals surface area contributed by atoms with Gasteiger partial charge in [0.1, 0.15) is 5.00 Å². The summed E-state index contributed by atoms with van der Waals surface area (Å²) in [6, 6.07) is 10.2. The van der Waals surface area contributed by atoms with Gasteiger partial charge in [-0.05, 0) is 67.6 Å². The maximum atomic E-state index is 13.2. The van der Waals surface area contributed by atoms with Crippen LogP contribution in [0.25, 0.3) is 0 Å². The van der Waals surface area contributed by atoms with Crippen LogP contribution in [0.5, 0.6) is 0 Å². The highest BCUT2D eigenvalue weighted by atomic mass is 35.5. The number of hydrogen-bond acceptors (Lipinski definition) is 4. The first-order valence-corrected chi connectivity index (χ1v) is 9.99. The molecule has 0 radical (unpaired) electrons. The Labute approximate surface area is 166 Å². The van der Waals surface area contributed by atoms with Gasteiger partial charge >= 0.3 is 0 Å². The predicted octanol–water partition coefficient (Wildman–Crippen LogP) is 5.16. The quantitative estimate of drug-likeness (QED) is 0.620.